The third kappa shape index (κ3) is 5.02. The standard InChI is InChI=1S/C22H27ClN2O2/c1-27-21-13-7-5-11-18(21)22(26)24-16-20(17-10-4-6-12-19(17)23)25-14-8-2-3-9-15-25/h4-7,10-13,20H,2-3,8-9,14-16H2,1H3,(H,24,26)/t20-/m1/s1. The zero-order valence-electron chi connectivity index (χ0n) is 15.8. The first-order valence-electron chi connectivity index (χ1n) is 9.60. The second-order valence-corrected chi connectivity index (χ2v) is 7.31. The van der Waals surface area contributed by atoms with Crippen LogP contribution >= 0.6 is 11.6 Å². The van der Waals surface area contributed by atoms with E-state index in [2.05, 4.69) is 16.3 Å². The Morgan fingerprint density at radius 1 is 1.07 bits per heavy atom. The zero-order valence-corrected chi connectivity index (χ0v) is 16.5. The lowest BCUT2D eigenvalue weighted by Crippen LogP contribution is -2.39. The van der Waals surface area contributed by atoms with Crippen molar-refractivity contribution in [1.29, 1.82) is 0 Å². The summed E-state index contributed by atoms with van der Waals surface area (Å²) in [6.45, 7) is 2.57. The summed E-state index contributed by atoms with van der Waals surface area (Å²) in [5.41, 5.74) is 1.62. The number of nitrogens with one attached hydrogen (secondary N) is 1. The summed E-state index contributed by atoms with van der Waals surface area (Å²) in [7, 11) is 1.58. The van der Waals surface area contributed by atoms with Gasteiger partial charge in [-0.05, 0) is 49.7 Å². The molecule has 0 unspecified atom stereocenters. The minimum atomic E-state index is -0.126. The van der Waals surface area contributed by atoms with E-state index in [-0.39, 0.29) is 11.9 Å². The van der Waals surface area contributed by atoms with E-state index in [0.717, 1.165) is 23.7 Å². The number of halogens is 1. The number of hydrogen-bond acceptors (Lipinski definition) is 3. The Kier molecular flexibility index (Phi) is 7.13. The van der Waals surface area contributed by atoms with Crippen LogP contribution < -0.4 is 10.1 Å². The molecule has 27 heavy (non-hydrogen) atoms. The van der Waals surface area contributed by atoms with Gasteiger partial charge in [-0.25, -0.2) is 0 Å². The van der Waals surface area contributed by atoms with Crippen LogP contribution in [0.15, 0.2) is 48.5 Å². The monoisotopic (exact) mass is 386 g/mol. The molecule has 0 spiro atoms. The van der Waals surface area contributed by atoms with E-state index >= 15 is 0 Å². The Bertz CT molecular complexity index is 757. The quantitative estimate of drug-likeness (QED) is 0.782. The first kappa shape index (κ1) is 19.7. The molecule has 5 heteroatoms. The average Bonchev–Trinajstić information content (AvgIpc) is 2.98. The van der Waals surface area contributed by atoms with E-state index in [9.17, 15) is 4.79 Å². The zero-order chi connectivity index (χ0) is 19.1. The third-order valence-electron chi connectivity index (χ3n) is 5.15. The van der Waals surface area contributed by atoms with Crippen molar-refractivity contribution >= 4 is 17.5 Å². The number of hydrogen-bond donors (Lipinski definition) is 1. The molecule has 1 aliphatic rings. The molecule has 144 valence electrons. The molecule has 2 aromatic rings. The summed E-state index contributed by atoms with van der Waals surface area (Å²) in [5.74, 6) is 0.457. The van der Waals surface area contributed by atoms with E-state index in [1.165, 1.54) is 25.7 Å². The minimum Gasteiger partial charge on any atom is -0.496 e. The first-order valence-corrected chi connectivity index (χ1v) is 9.98. The van der Waals surface area contributed by atoms with Gasteiger partial charge < -0.3 is 10.1 Å². The predicted octanol–water partition coefficient (Wildman–Crippen LogP) is 4.70. The largest absolute Gasteiger partial charge is 0.496 e. The molecule has 1 fully saturated rings. The topological polar surface area (TPSA) is 41.6 Å². The van der Waals surface area contributed by atoms with Gasteiger partial charge in [-0.1, -0.05) is 54.8 Å². The maximum absolute atomic E-state index is 12.8. The fraction of sp³-hybridized carbons (Fsp3) is 0.409. The van der Waals surface area contributed by atoms with Gasteiger partial charge in [0.1, 0.15) is 5.75 Å². The van der Waals surface area contributed by atoms with Crippen LogP contribution in [0.4, 0.5) is 0 Å². The van der Waals surface area contributed by atoms with Crippen molar-refractivity contribution in [3.8, 4) is 5.75 Å². The van der Waals surface area contributed by atoms with E-state index < -0.39 is 0 Å². The average molecular weight is 387 g/mol. The molecule has 0 radical (unpaired) electrons. The molecule has 4 nitrogen and oxygen atoms in total. The summed E-state index contributed by atoms with van der Waals surface area (Å²) in [6.07, 6.45) is 4.89. The van der Waals surface area contributed by atoms with Crippen LogP contribution in [-0.4, -0.2) is 37.6 Å². The van der Waals surface area contributed by atoms with Crippen molar-refractivity contribution in [3.05, 3.63) is 64.7 Å². The number of benzene rings is 2. The maximum Gasteiger partial charge on any atom is 0.255 e. The highest BCUT2D eigenvalue weighted by atomic mass is 35.5. The number of carbonyl (C=O) groups excluding carboxylic acids is 1. The molecule has 1 aliphatic heterocycles. The molecule has 0 saturated carbocycles. The predicted molar refractivity (Wildman–Crippen MR) is 110 cm³/mol. The van der Waals surface area contributed by atoms with Gasteiger partial charge in [0.25, 0.3) is 5.91 Å². The summed E-state index contributed by atoms with van der Waals surface area (Å²) in [4.78, 5) is 15.2. The Morgan fingerprint density at radius 3 is 2.44 bits per heavy atom. The Labute approximate surface area is 166 Å². The molecule has 1 atom stereocenters. The minimum absolute atomic E-state index is 0.0652. The van der Waals surface area contributed by atoms with Crippen LogP contribution in [0.5, 0.6) is 5.75 Å². The fourth-order valence-electron chi connectivity index (χ4n) is 3.70. The van der Waals surface area contributed by atoms with Crippen molar-refractivity contribution in [1.82, 2.24) is 10.2 Å². The lowest BCUT2D eigenvalue weighted by molar-refractivity contribution is 0.0930. The second kappa shape index (κ2) is 9.77. The van der Waals surface area contributed by atoms with Gasteiger partial charge in [0.2, 0.25) is 0 Å². The van der Waals surface area contributed by atoms with Crippen molar-refractivity contribution in [2.24, 2.45) is 0 Å². The molecule has 0 aromatic heterocycles. The van der Waals surface area contributed by atoms with Crippen LogP contribution in [-0.2, 0) is 0 Å². The number of methoxy groups -OCH3 is 1. The molecule has 1 amide bonds. The van der Waals surface area contributed by atoms with Crippen LogP contribution in [0.3, 0.4) is 0 Å². The number of amides is 1. The van der Waals surface area contributed by atoms with Crippen LogP contribution in [0.2, 0.25) is 5.02 Å². The van der Waals surface area contributed by atoms with E-state index in [0.29, 0.717) is 17.9 Å². The Hall–Kier alpha value is -2.04. The number of carbonyl (C=O) groups is 1. The Morgan fingerprint density at radius 2 is 1.74 bits per heavy atom. The molecule has 0 bridgehead atoms. The highest BCUT2D eigenvalue weighted by molar-refractivity contribution is 6.31. The SMILES string of the molecule is COc1ccccc1C(=O)NC[C@H](c1ccccc1Cl)N1CCCCCC1. The lowest BCUT2D eigenvalue weighted by Gasteiger charge is -2.32. The van der Waals surface area contributed by atoms with E-state index in [1.54, 1.807) is 19.2 Å². The number of rotatable bonds is 6. The van der Waals surface area contributed by atoms with Gasteiger partial charge in [0, 0.05) is 11.6 Å². The molecule has 1 heterocycles. The van der Waals surface area contributed by atoms with Gasteiger partial charge >= 0.3 is 0 Å². The smallest absolute Gasteiger partial charge is 0.255 e. The normalized spacial score (nSPS) is 16.4. The molecule has 1 saturated heterocycles. The van der Waals surface area contributed by atoms with Gasteiger partial charge in [0.05, 0.1) is 18.7 Å². The fourth-order valence-corrected chi connectivity index (χ4v) is 3.97. The van der Waals surface area contributed by atoms with Crippen molar-refractivity contribution in [3.63, 3.8) is 0 Å². The molecule has 0 aliphatic carbocycles. The third-order valence-corrected chi connectivity index (χ3v) is 5.50. The van der Waals surface area contributed by atoms with Gasteiger partial charge in [-0.15, -0.1) is 0 Å². The molecular formula is C22H27ClN2O2. The molecule has 3 rings (SSSR count). The number of ether oxygens (including phenoxy) is 1. The van der Waals surface area contributed by atoms with Crippen LogP contribution in [0.25, 0.3) is 0 Å². The summed E-state index contributed by atoms with van der Waals surface area (Å²) < 4.78 is 5.32. The second-order valence-electron chi connectivity index (χ2n) is 6.90. The maximum atomic E-state index is 12.8. The lowest BCUT2D eigenvalue weighted by atomic mass is 10.0. The summed E-state index contributed by atoms with van der Waals surface area (Å²) in [5, 5.41) is 3.85. The van der Waals surface area contributed by atoms with Crippen molar-refractivity contribution in [2.45, 2.75) is 31.7 Å². The van der Waals surface area contributed by atoms with Crippen molar-refractivity contribution < 1.29 is 9.53 Å². The van der Waals surface area contributed by atoms with Crippen molar-refractivity contribution in [2.75, 3.05) is 26.7 Å². The molecule has 1 N–H and O–H groups in total. The van der Waals surface area contributed by atoms with Crippen LogP contribution in [0.1, 0.15) is 47.6 Å². The van der Waals surface area contributed by atoms with Crippen LogP contribution in [0, 0.1) is 0 Å². The first-order chi connectivity index (χ1) is 13.2. The number of nitrogens with zero attached hydrogens (tertiary/aromatic N) is 1. The highest BCUT2D eigenvalue weighted by Gasteiger charge is 2.24. The van der Waals surface area contributed by atoms with E-state index in [1.807, 2.05) is 30.3 Å². The highest BCUT2D eigenvalue weighted by Crippen LogP contribution is 2.29. The molecule has 2 aromatic carbocycles. The Balaban J connectivity index is 1.79. The van der Waals surface area contributed by atoms with Gasteiger partial charge in [0.15, 0.2) is 0 Å². The summed E-state index contributed by atoms with van der Waals surface area (Å²) in [6, 6.07) is 15.3. The van der Waals surface area contributed by atoms with E-state index in [4.69, 9.17) is 16.3 Å². The number of para-hydroxylation sites is 1. The van der Waals surface area contributed by atoms with Gasteiger partial charge in [-0.2, -0.15) is 0 Å². The van der Waals surface area contributed by atoms with Gasteiger partial charge in [-0.3, -0.25) is 9.69 Å². The summed E-state index contributed by atoms with van der Waals surface area (Å²) >= 11 is 6.50. The molecular weight excluding hydrogens is 360 g/mol. The number of likely N-dealkylation sites (tertiary alicyclic amines) is 1.